The Morgan fingerprint density at radius 1 is 1.43 bits per heavy atom. The molecule has 0 heterocycles. The van der Waals surface area contributed by atoms with Crippen LogP contribution in [-0.4, -0.2) is 12.9 Å². The molecular weight excluding hydrogens is 260 g/mol. The lowest BCUT2D eigenvalue weighted by Gasteiger charge is -2.50. The lowest BCUT2D eigenvalue weighted by molar-refractivity contribution is -0.124. The van der Waals surface area contributed by atoms with Gasteiger partial charge >= 0.3 is 0 Å². The summed E-state index contributed by atoms with van der Waals surface area (Å²) in [5, 5.41) is 0. The summed E-state index contributed by atoms with van der Waals surface area (Å²) in [5.74, 6) is 2.16. The van der Waals surface area contributed by atoms with Gasteiger partial charge in [-0.15, -0.1) is 0 Å². The first kappa shape index (κ1) is 14.6. The van der Waals surface area contributed by atoms with Gasteiger partial charge in [0.2, 0.25) is 0 Å². The van der Waals surface area contributed by atoms with Gasteiger partial charge in [0.1, 0.15) is 5.78 Å². The maximum absolute atomic E-state index is 11.9. The molecular formula is C19H26O2. The quantitative estimate of drug-likeness (QED) is 0.701. The first-order valence-electron chi connectivity index (χ1n) is 8.27. The van der Waals surface area contributed by atoms with E-state index in [1.807, 2.05) is 0 Å². The number of ether oxygens (including phenoxy) is 1. The first-order chi connectivity index (χ1) is 10.2. The van der Waals surface area contributed by atoms with E-state index in [0.29, 0.717) is 11.7 Å². The number of carbonyl (C=O) groups is 1. The van der Waals surface area contributed by atoms with Crippen LogP contribution in [0.4, 0.5) is 0 Å². The van der Waals surface area contributed by atoms with Gasteiger partial charge in [-0.2, -0.15) is 0 Å². The molecule has 2 nitrogen and oxygen atoms in total. The van der Waals surface area contributed by atoms with Gasteiger partial charge in [0.15, 0.2) is 0 Å². The van der Waals surface area contributed by atoms with Crippen LogP contribution in [0, 0.1) is 11.3 Å². The number of fused-ring (bicyclic) bond motifs is 2. The van der Waals surface area contributed by atoms with E-state index in [0.717, 1.165) is 50.7 Å². The Kier molecular flexibility index (Phi) is 4.05. The van der Waals surface area contributed by atoms with Crippen LogP contribution < -0.4 is 0 Å². The fourth-order valence-corrected chi connectivity index (χ4v) is 4.68. The average Bonchev–Trinajstić information content (AvgIpc) is 2.52. The second-order valence-corrected chi connectivity index (χ2v) is 6.75. The molecule has 0 aromatic rings. The number of rotatable bonds is 3. The second kappa shape index (κ2) is 5.82. The summed E-state index contributed by atoms with van der Waals surface area (Å²) < 4.78 is 5.47. The molecule has 0 N–H and O–H groups in total. The van der Waals surface area contributed by atoms with E-state index in [-0.39, 0.29) is 5.41 Å². The van der Waals surface area contributed by atoms with Gasteiger partial charge < -0.3 is 4.74 Å². The van der Waals surface area contributed by atoms with Crippen molar-refractivity contribution in [2.45, 2.75) is 58.3 Å². The van der Waals surface area contributed by atoms with Gasteiger partial charge in [0, 0.05) is 19.3 Å². The zero-order valence-electron chi connectivity index (χ0n) is 13.3. The summed E-state index contributed by atoms with van der Waals surface area (Å²) in [4.78, 5) is 11.9. The molecule has 0 unspecified atom stereocenters. The van der Waals surface area contributed by atoms with Crippen molar-refractivity contribution in [3.63, 3.8) is 0 Å². The van der Waals surface area contributed by atoms with Crippen LogP contribution in [0.2, 0.25) is 0 Å². The molecule has 0 aromatic carbocycles. The number of hydrogen-bond donors (Lipinski definition) is 0. The van der Waals surface area contributed by atoms with E-state index >= 15 is 0 Å². The Balaban J connectivity index is 1.96. The van der Waals surface area contributed by atoms with Gasteiger partial charge in [-0.25, -0.2) is 0 Å². The minimum atomic E-state index is 0.254. The molecule has 2 heteroatoms. The number of Topliss-reactive ketones (excluding diaryl/α,β-unsaturated/α-hetero) is 1. The van der Waals surface area contributed by atoms with E-state index < -0.39 is 0 Å². The Bertz CT molecular complexity index is 524. The Morgan fingerprint density at radius 2 is 2.29 bits per heavy atom. The van der Waals surface area contributed by atoms with E-state index in [1.54, 1.807) is 18.3 Å². The summed E-state index contributed by atoms with van der Waals surface area (Å²) in [6.07, 6.45) is 14.8. The molecule has 0 bridgehead atoms. The molecule has 0 aromatic heterocycles. The molecule has 3 aliphatic carbocycles. The predicted molar refractivity (Wildman–Crippen MR) is 84.8 cm³/mol. The third-order valence-corrected chi connectivity index (χ3v) is 5.83. The SMILES string of the molecule is CC=CC[C@@]12CCC(=O)C[C@H]1CCC1=C2CC=C(OC)C1. The van der Waals surface area contributed by atoms with Crippen molar-refractivity contribution in [3.8, 4) is 0 Å². The van der Waals surface area contributed by atoms with Crippen molar-refractivity contribution in [2.75, 3.05) is 7.11 Å². The Labute approximate surface area is 127 Å². The van der Waals surface area contributed by atoms with Crippen molar-refractivity contribution in [1.29, 1.82) is 0 Å². The summed E-state index contributed by atoms with van der Waals surface area (Å²) in [7, 11) is 1.78. The molecule has 0 saturated heterocycles. The molecule has 0 spiro atoms. The predicted octanol–water partition coefficient (Wildman–Crippen LogP) is 4.72. The monoisotopic (exact) mass is 286 g/mol. The summed E-state index contributed by atoms with van der Waals surface area (Å²) in [6, 6.07) is 0. The molecule has 0 radical (unpaired) electrons. The third-order valence-electron chi connectivity index (χ3n) is 5.83. The summed E-state index contributed by atoms with van der Waals surface area (Å²) >= 11 is 0. The van der Waals surface area contributed by atoms with Crippen molar-refractivity contribution in [2.24, 2.45) is 11.3 Å². The molecule has 3 aliphatic rings. The van der Waals surface area contributed by atoms with Crippen molar-refractivity contribution in [1.82, 2.24) is 0 Å². The third kappa shape index (κ3) is 2.49. The molecule has 114 valence electrons. The van der Waals surface area contributed by atoms with Gasteiger partial charge in [-0.05, 0) is 56.4 Å². The summed E-state index contributed by atoms with van der Waals surface area (Å²) in [5.41, 5.74) is 3.50. The van der Waals surface area contributed by atoms with Gasteiger partial charge in [0.05, 0.1) is 12.9 Å². The maximum Gasteiger partial charge on any atom is 0.133 e. The minimum absolute atomic E-state index is 0.254. The van der Waals surface area contributed by atoms with Gasteiger partial charge in [0.25, 0.3) is 0 Å². The van der Waals surface area contributed by atoms with Crippen LogP contribution in [0.3, 0.4) is 0 Å². The van der Waals surface area contributed by atoms with E-state index in [4.69, 9.17) is 4.74 Å². The fraction of sp³-hybridized carbons (Fsp3) is 0.632. The zero-order valence-corrected chi connectivity index (χ0v) is 13.3. The van der Waals surface area contributed by atoms with Gasteiger partial charge in [-0.1, -0.05) is 23.3 Å². The van der Waals surface area contributed by atoms with Crippen LogP contribution in [0.5, 0.6) is 0 Å². The van der Waals surface area contributed by atoms with Crippen LogP contribution in [0.25, 0.3) is 0 Å². The number of methoxy groups -OCH3 is 1. The van der Waals surface area contributed by atoms with E-state index in [1.165, 1.54) is 6.42 Å². The lowest BCUT2D eigenvalue weighted by atomic mass is 9.54. The van der Waals surface area contributed by atoms with Crippen molar-refractivity contribution < 1.29 is 9.53 Å². The molecule has 1 fully saturated rings. The number of hydrogen-bond acceptors (Lipinski definition) is 2. The van der Waals surface area contributed by atoms with Crippen molar-refractivity contribution >= 4 is 5.78 Å². The molecule has 0 amide bonds. The van der Waals surface area contributed by atoms with Crippen LogP contribution in [0.15, 0.2) is 35.1 Å². The molecule has 3 rings (SSSR count). The summed E-state index contributed by atoms with van der Waals surface area (Å²) in [6.45, 7) is 2.10. The average molecular weight is 286 g/mol. The fourth-order valence-electron chi connectivity index (χ4n) is 4.68. The normalized spacial score (nSPS) is 32.8. The zero-order chi connectivity index (χ0) is 14.9. The molecule has 21 heavy (non-hydrogen) atoms. The maximum atomic E-state index is 11.9. The van der Waals surface area contributed by atoms with Crippen LogP contribution in [-0.2, 0) is 9.53 Å². The largest absolute Gasteiger partial charge is 0.501 e. The van der Waals surface area contributed by atoms with Crippen LogP contribution >= 0.6 is 0 Å². The minimum Gasteiger partial charge on any atom is -0.501 e. The highest BCUT2D eigenvalue weighted by Gasteiger charge is 2.47. The highest BCUT2D eigenvalue weighted by molar-refractivity contribution is 5.80. The first-order valence-corrected chi connectivity index (χ1v) is 8.27. The van der Waals surface area contributed by atoms with E-state index in [2.05, 4.69) is 25.2 Å². The lowest BCUT2D eigenvalue weighted by Crippen LogP contribution is -2.41. The van der Waals surface area contributed by atoms with Gasteiger partial charge in [-0.3, -0.25) is 4.79 Å². The van der Waals surface area contributed by atoms with Crippen molar-refractivity contribution in [3.05, 3.63) is 35.1 Å². The van der Waals surface area contributed by atoms with Crippen LogP contribution in [0.1, 0.15) is 58.3 Å². The number of allylic oxidation sites excluding steroid dienone is 5. The Morgan fingerprint density at radius 3 is 3.05 bits per heavy atom. The Hall–Kier alpha value is -1.31. The smallest absolute Gasteiger partial charge is 0.133 e. The standard InChI is InChI=1S/C19H26O2/c1-3-4-10-19-11-9-16(20)13-15(19)6-5-14-12-17(21-2)7-8-18(14)19/h3-4,7,15H,5-6,8-13H2,1-2H3/t15-,19-/m1/s1. The van der Waals surface area contributed by atoms with E-state index in [9.17, 15) is 4.79 Å². The topological polar surface area (TPSA) is 26.3 Å². The number of ketones is 1. The second-order valence-electron chi connectivity index (χ2n) is 6.75. The number of carbonyl (C=O) groups excluding carboxylic acids is 1. The highest BCUT2D eigenvalue weighted by Crippen LogP contribution is 2.57. The molecule has 0 aliphatic heterocycles. The molecule has 1 saturated carbocycles. The highest BCUT2D eigenvalue weighted by atomic mass is 16.5. The molecule has 2 atom stereocenters.